The Hall–Kier alpha value is -2.63. The number of nitrogens with zero attached hydrogens (tertiary/aromatic N) is 1. The lowest BCUT2D eigenvalue weighted by atomic mass is 9.93. The number of halogens is 1. The van der Waals surface area contributed by atoms with E-state index >= 15 is 0 Å². The Bertz CT molecular complexity index is 1110. The fourth-order valence-corrected chi connectivity index (χ4v) is 5.06. The molecule has 1 aliphatic rings. The van der Waals surface area contributed by atoms with Crippen molar-refractivity contribution in [1.29, 1.82) is 0 Å². The van der Waals surface area contributed by atoms with Gasteiger partial charge in [0.05, 0.1) is 25.2 Å². The van der Waals surface area contributed by atoms with E-state index in [4.69, 9.17) is 31.5 Å². The van der Waals surface area contributed by atoms with Crippen molar-refractivity contribution in [3.05, 3.63) is 71.0 Å². The van der Waals surface area contributed by atoms with Crippen LogP contribution >= 0.6 is 11.6 Å². The molecule has 0 spiro atoms. The summed E-state index contributed by atoms with van der Waals surface area (Å²) in [5.74, 6) is -0.417. The van der Waals surface area contributed by atoms with E-state index in [1.807, 2.05) is 12.1 Å². The third kappa shape index (κ3) is 6.49. The van der Waals surface area contributed by atoms with Gasteiger partial charge in [0, 0.05) is 30.5 Å². The lowest BCUT2D eigenvalue weighted by Gasteiger charge is -2.29. The molecule has 1 aliphatic heterocycles. The van der Waals surface area contributed by atoms with Crippen molar-refractivity contribution < 1.29 is 32.5 Å². The first-order valence-electron chi connectivity index (χ1n) is 10.5. The van der Waals surface area contributed by atoms with E-state index in [0.29, 0.717) is 17.2 Å². The molecule has 0 saturated heterocycles. The predicted molar refractivity (Wildman–Crippen MR) is 126 cm³/mol. The zero-order chi connectivity index (χ0) is 24.7. The second kappa shape index (κ2) is 11.7. The van der Waals surface area contributed by atoms with E-state index in [0.717, 1.165) is 9.87 Å². The molecule has 11 heteroatoms. The molecule has 0 fully saturated rings. The normalized spacial score (nSPS) is 18.3. The van der Waals surface area contributed by atoms with Crippen LogP contribution in [0.1, 0.15) is 17.9 Å². The average molecular weight is 511 g/mol. The molecule has 2 aromatic carbocycles. The molecule has 2 atom stereocenters. The van der Waals surface area contributed by atoms with Gasteiger partial charge >= 0.3 is 0 Å². The summed E-state index contributed by atoms with van der Waals surface area (Å²) in [7, 11) is -2.39. The van der Waals surface area contributed by atoms with Crippen LogP contribution in [0, 0.1) is 0 Å². The van der Waals surface area contributed by atoms with E-state index in [-0.39, 0.29) is 42.9 Å². The fourth-order valence-electron chi connectivity index (χ4n) is 3.52. The van der Waals surface area contributed by atoms with Gasteiger partial charge in [-0.25, -0.2) is 8.42 Å². The van der Waals surface area contributed by atoms with Gasteiger partial charge in [-0.05, 0) is 48.0 Å². The summed E-state index contributed by atoms with van der Waals surface area (Å²) in [4.78, 5) is 11.8. The van der Waals surface area contributed by atoms with Crippen LogP contribution in [-0.2, 0) is 24.3 Å². The molecule has 2 aromatic rings. The molecule has 3 rings (SSSR count). The molecule has 0 radical (unpaired) electrons. The number of rotatable bonds is 11. The number of carbonyl (C=O) groups excluding carboxylic acids is 1. The number of benzene rings is 2. The lowest BCUT2D eigenvalue weighted by Crippen LogP contribution is -2.38. The summed E-state index contributed by atoms with van der Waals surface area (Å²) in [6.45, 7) is -0.527. The molecule has 1 heterocycles. The molecule has 34 heavy (non-hydrogen) atoms. The number of aliphatic hydroxyl groups is 1. The SMILES string of the molecule is COc1ccc(S(=O)(=O)N(CCO)CCO[C@@H]2C[C@H](c3ccc(Cl)cc3)C=C(C(N)=O)O2)cc1. The third-order valence-electron chi connectivity index (χ3n) is 5.29. The highest BCUT2D eigenvalue weighted by Crippen LogP contribution is 2.32. The van der Waals surface area contributed by atoms with E-state index < -0.39 is 22.2 Å². The minimum Gasteiger partial charge on any atom is -0.497 e. The Morgan fingerprint density at radius 3 is 2.44 bits per heavy atom. The summed E-state index contributed by atoms with van der Waals surface area (Å²) in [6.07, 6.45) is 1.22. The number of carbonyl (C=O) groups is 1. The largest absolute Gasteiger partial charge is 0.497 e. The lowest BCUT2D eigenvalue weighted by molar-refractivity contribution is -0.144. The topological polar surface area (TPSA) is 128 Å². The maximum Gasteiger partial charge on any atom is 0.283 e. The molecule has 0 saturated carbocycles. The first-order valence-corrected chi connectivity index (χ1v) is 12.4. The van der Waals surface area contributed by atoms with Crippen LogP contribution in [0.25, 0.3) is 0 Å². The van der Waals surface area contributed by atoms with Gasteiger partial charge in [0.25, 0.3) is 5.91 Å². The monoisotopic (exact) mass is 510 g/mol. The number of hydrogen-bond acceptors (Lipinski definition) is 7. The number of aliphatic hydroxyl groups excluding tert-OH is 1. The molecule has 0 unspecified atom stereocenters. The highest BCUT2D eigenvalue weighted by Gasteiger charge is 2.29. The molecule has 0 bridgehead atoms. The maximum atomic E-state index is 13.0. The molecular weight excluding hydrogens is 484 g/mol. The third-order valence-corrected chi connectivity index (χ3v) is 7.45. The van der Waals surface area contributed by atoms with Crippen molar-refractivity contribution in [3.8, 4) is 5.75 Å². The smallest absolute Gasteiger partial charge is 0.283 e. The Balaban J connectivity index is 1.67. The number of hydrogen-bond donors (Lipinski definition) is 2. The van der Waals surface area contributed by atoms with Crippen LogP contribution in [0.5, 0.6) is 5.75 Å². The van der Waals surface area contributed by atoms with E-state index in [9.17, 15) is 18.3 Å². The molecule has 9 nitrogen and oxygen atoms in total. The van der Waals surface area contributed by atoms with Crippen molar-refractivity contribution in [3.63, 3.8) is 0 Å². The number of ether oxygens (including phenoxy) is 3. The number of amides is 1. The summed E-state index contributed by atoms with van der Waals surface area (Å²) in [5.41, 5.74) is 6.33. The Labute approximate surface area is 203 Å². The number of nitrogens with two attached hydrogens (primary N) is 1. The van der Waals surface area contributed by atoms with Crippen molar-refractivity contribution in [2.45, 2.75) is 23.5 Å². The molecular formula is C23H27ClN2O7S. The number of allylic oxidation sites excluding steroid dienone is 1. The average Bonchev–Trinajstić information content (AvgIpc) is 2.83. The zero-order valence-electron chi connectivity index (χ0n) is 18.6. The first-order chi connectivity index (χ1) is 16.2. The summed E-state index contributed by atoms with van der Waals surface area (Å²) in [5, 5.41) is 9.98. The first kappa shape index (κ1) is 26.0. The van der Waals surface area contributed by atoms with Crippen LogP contribution in [0.15, 0.2) is 65.3 Å². The zero-order valence-corrected chi connectivity index (χ0v) is 20.2. The highest BCUT2D eigenvalue weighted by atomic mass is 35.5. The minimum absolute atomic E-state index is 0.0192. The number of methoxy groups -OCH3 is 1. The predicted octanol–water partition coefficient (Wildman–Crippen LogP) is 2.25. The quantitative estimate of drug-likeness (QED) is 0.474. The summed E-state index contributed by atoms with van der Waals surface area (Å²) >= 11 is 5.96. The van der Waals surface area contributed by atoms with Gasteiger partial charge < -0.3 is 25.1 Å². The van der Waals surface area contributed by atoms with Gasteiger partial charge in [0.15, 0.2) is 5.76 Å². The van der Waals surface area contributed by atoms with Crippen LogP contribution in [0.3, 0.4) is 0 Å². The van der Waals surface area contributed by atoms with Gasteiger partial charge in [-0.15, -0.1) is 0 Å². The van der Waals surface area contributed by atoms with Crippen LogP contribution in [-0.4, -0.2) is 63.4 Å². The molecule has 3 N–H and O–H groups in total. The van der Waals surface area contributed by atoms with Gasteiger partial charge in [0.2, 0.25) is 16.3 Å². The van der Waals surface area contributed by atoms with Crippen LogP contribution in [0.4, 0.5) is 0 Å². The van der Waals surface area contributed by atoms with Crippen molar-refractivity contribution in [2.75, 3.05) is 33.4 Å². The molecule has 184 valence electrons. The number of sulfonamides is 1. The Morgan fingerprint density at radius 2 is 1.85 bits per heavy atom. The van der Waals surface area contributed by atoms with E-state index in [1.165, 1.54) is 19.2 Å². The van der Waals surface area contributed by atoms with Gasteiger partial charge in [-0.1, -0.05) is 23.7 Å². The van der Waals surface area contributed by atoms with Gasteiger partial charge in [-0.2, -0.15) is 4.31 Å². The van der Waals surface area contributed by atoms with Crippen molar-refractivity contribution >= 4 is 27.5 Å². The van der Waals surface area contributed by atoms with Gasteiger partial charge in [0.1, 0.15) is 5.75 Å². The van der Waals surface area contributed by atoms with Crippen molar-refractivity contribution in [2.24, 2.45) is 5.73 Å². The molecule has 0 aromatic heterocycles. The van der Waals surface area contributed by atoms with E-state index in [1.54, 1.807) is 30.3 Å². The second-order valence-corrected chi connectivity index (χ2v) is 9.88. The standard InChI is InChI=1S/C23H27ClN2O7S/c1-31-19-6-8-20(9-7-19)34(29,30)26(10-12-27)11-13-32-22-15-17(14-21(33-22)23(25)28)16-2-4-18(24)5-3-16/h2-9,14,17,22,27H,10-13,15H2,1H3,(H2,25,28)/t17-,22+/m1/s1. The summed E-state index contributed by atoms with van der Waals surface area (Å²) < 4.78 is 43.6. The second-order valence-electron chi connectivity index (χ2n) is 7.51. The van der Waals surface area contributed by atoms with Crippen LogP contribution in [0.2, 0.25) is 5.02 Å². The summed E-state index contributed by atoms with van der Waals surface area (Å²) in [6, 6.07) is 13.1. The van der Waals surface area contributed by atoms with Gasteiger partial charge in [-0.3, -0.25) is 4.79 Å². The van der Waals surface area contributed by atoms with E-state index in [2.05, 4.69) is 0 Å². The minimum atomic E-state index is -3.87. The van der Waals surface area contributed by atoms with Crippen LogP contribution < -0.4 is 10.5 Å². The molecule has 0 aliphatic carbocycles. The highest BCUT2D eigenvalue weighted by molar-refractivity contribution is 7.89. The van der Waals surface area contributed by atoms with Crippen molar-refractivity contribution in [1.82, 2.24) is 4.31 Å². The maximum absolute atomic E-state index is 13.0. The fraction of sp³-hybridized carbons (Fsp3) is 0.348. The Morgan fingerprint density at radius 1 is 1.18 bits per heavy atom. The molecule has 1 amide bonds. The Kier molecular flexibility index (Phi) is 8.92. The number of primary amides is 1.